The number of thioether (sulfide) groups is 1. The molecule has 2 aromatic heterocycles. The largest absolute Gasteiger partial charge is 0.323 e. The number of fused-ring (bicyclic) bond motifs is 1. The molecular weight excluding hydrogens is 456 g/mol. The first kappa shape index (κ1) is 17.4. The Morgan fingerprint density at radius 3 is 2.67 bits per heavy atom. The first-order chi connectivity index (χ1) is 11.5. The van der Waals surface area contributed by atoms with Gasteiger partial charge in [0.1, 0.15) is 0 Å². The van der Waals surface area contributed by atoms with E-state index in [2.05, 4.69) is 47.4 Å². The summed E-state index contributed by atoms with van der Waals surface area (Å²) in [5.74, 6) is -0.0991. The second kappa shape index (κ2) is 7.25. The number of nitrogens with one attached hydrogen (secondary N) is 1. The van der Waals surface area contributed by atoms with E-state index in [-0.39, 0.29) is 11.2 Å². The number of nitrogens with zero attached hydrogens (tertiary/aromatic N) is 3. The van der Waals surface area contributed by atoms with E-state index < -0.39 is 0 Å². The average Bonchev–Trinajstić information content (AvgIpc) is 2.94. The van der Waals surface area contributed by atoms with Gasteiger partial charge in [-0.15, -0.1) is 10.2 Å². The number of halogens is 2. The zero-order chi connectivity index (χ0) is 17.3. The van der Waals surface area contributed by atoms with E-state index in [0.717, 1.165) is 25.8 Å². The van der Waals surface area contributed by atoms with Gasteiger partial charge in [0.15, 0.2) is 10.8 Å². The van der Waals surface area contributed by atoms with Gasteiger partial charge >= 0.3 is 0 Å². The van der Waals surface area contributed by atoms with Crippen LogP contribution >= 0.6 is 43.6 Å². The zero-order valence-corrected chi connectivity index (χ0v) is 16.9. The number of aryl methyl sites for hydroxylation is 1. The molecule has 3 aromatic rings. The van der Waals surface area contributed by atoms with Gasteiger partial charge in [-0.05, 0) is 75.5 Å². The summed E-state index contributed by atoms with van der Waals surface area (Å²) in [5, 5.41) is 11.6. The third kappa shape index (κ3) is 3.65. The van der Waals surface area contributed by atoms with Crippen LogP contribution in [-0.4, -0.2) is 25.8 Å². The molecule has 2 heterocycles. The Bertz CT molecular complexity index is 889. The molecule has 0 saturated carbocycles. The predicted molar refractivity (Wildman–Crippen MR) is 104 cm³/mol. The molecule has 1 amide bonds. The third-order valence-electron chi connectivity index (χ3n) is 3.37. The molecule has 1 atom stereocenters. The SMILES string of the molecule is Cc1cc(Br)c(NC(=O)C(C)Sc2nnc3ccccn23)c(Br)c1. The van der Waals surface area contributed by atoms with Gasteiger partial charge in [-0.3, -0.25) is 9.20 Å². The van der Waals surface area contributed by atoms with E-state index in [1.807, 2.05) is 54.8 Å². The molecule has 124 valence electrons. The van der Waals surface area contributed by atoms with E-state index in [1.54, 1.807) is 0 Å². The van der Waals surface area contributed by atoms with E-state index in [4.69, 9.17) is 0 Å². The number of hydrogen-bond acceptors (Lipinski definition) is 4. The monoisotopic (exact) mass is 468 g/mol. The minimum Gasteiger partial charge on any atom is -0.323 e. The highest BCUT2D eigenvalue weighted by Crippen LogP contribution is 2.33. The molecule has 0 bridgehead atoms. The van der Waals surface area contributed by atoms with Crippen LogP contribution in [0.4, 0.5) is 5.69 Å². The third-order valence-corrected chi connectivity index (χ3v) is 5.68. The number of pyridine rings is 1. The number of benzene rings is 1. The molecule has 24 heavy (non-hydrogen) atoms. The van der Waals surface area contributed by atoms with Gasteiger partial charge in [-0.1, -0.05) is 17.8 Å². The summed E-state index contributed by atoms with van der Waals surface area (Å²) in [6, 6.07) is 9.61. The van der Waals surface area contributed by atoms with Gasteiger partial charge < -0.3 is 5.32 Å². The molecule has 0 aliphatic heterocycles. The fraction of sp³-hybridized carbons (Fsp3) is 0.188. The van der Waals surface area contributed by atoms with Crippen molar-refractivity contribution in [3.63, 3.8) is 0 Å². The Labute approximate surface area is 160 Å². The lowest BCUT2D eigenvalue weighted by molar-refractivity contribution is -0.115. The summed E-state index contributed by atoms with van der Waals surface area (Å²) in [4.78, 5) is 12.5. The summed E-state index contributed by atoms with van der Waals surface area (Å²) >= 11 is 8.35. The smallest absolute Gasteiger partial charge is 0.237 e. The van der Waals surface area contributed by atoms with E-state index in [0.29, 0.717) is 5.16 Å². The molecular formula is C16H14Br2N4OS. The topological polar surface area (TPSA) is 59.3 Å². The predicted octanol–water partition coefficient (Wildman–Crippen LogP) is 4.68. The van der Waals surface area contributed by atoms with Crippen LogP contribution in [0.2, 0.25) is 0 Å². The number of carbonyl (C=O) groups excluding carboxylic acids is 1. The second-order valence-electron chi connectivity index (χ2n) is 5.26. The van der Waals surface area contributed by atoms with Gasteiger partial charge in [0.05, 0.1) is 10.9 Å². The van der Waals surface area contributed by atoms with Gasteiger partial charge in [0, 0.05) is 15.1 Å². The molecule has 0 spiro atoms. The standard InChI is InChI=1S/C16H14Br2N4OS/c1-9-7-11(17)14(12(18)8-9)19-15(23)10(2)24-16-21-20-13-5-3-4-6-22(13)16/h3-8,10H,1-2H3,(H,19,23). The lowest BCUT2D eigenvalue weighted by atomic mass is 10.2. The molecule has 0 fully saturated rings. The molecule has 1 aromatic carbocycles. The molecule has 1 unspecified atom stereocenters. The van der Waals surface area contributed by atoms with Crippen molar-refractivity contribution in [2.24, 2.45) is 0 Å². The molecule has 0 aliphatic carbocycles. The highest BCUT2D eigenvalue weighted by molar-refractivity contribution is 9.11. The Hall–Kier alpha value is -1.38. The molecule has 5 nitrogen and oxygen atoms in total. The number of aromatic nitrogens is 3. The van der Waals surface area contributed by atoms with E-state index >= 15 is 0 Å². The maximum absolute atomic E-state index is 12.5. The Morgan fingerprint density at radius 2 is 1.96 bits per heavy atom. The quantitative estimate of drug-likeness (QED) is 0.563. The maximum atomic E-state index is 12.5. The van der Waals surface area contributed by atoms with Crippen LogP contribution in [0.5, 0.6) is 0 Å². The minimum absolute atomic E-state index is 0.0991. The van der Waals surface area contributed by atoms with Crippen LogP contribution in [0, 0.1) is 6.92 Å². The lowest BCUT2D eigenvalue weighted by Gasteiger charge is -2.14. The molecule has 3 rings (SSSR count). The summed E-state index contributed by atoms with van der Waals surface area (Å²) < 4.78 is 3.55. The van der Waals surface area contributed by atoms with E-state index in [1.165, 1.54) is 11.8 Å². The Kier molecular flexibility index (Phi) is 5.27. The highest BCUT2D eigenvalue weighted by Gasteiger charge is 2.19. The van der Waals surface area contributed by atoms with Crippen LogP contribution < -0.4 is 5.32 Å². The molecule has 1 N–H and O–H groups in total. The number of rotatable bonds is 4. The van der Waals surface area contributed by atoms with Crippen molar-refractivity contribution in [3.05, 3.63) is 51.0 Å². The van der Waals surface area contributed by atoms with Crippen LogP contribution in [0.15, 0.2) is 50.6 Å². The number of carbonyl (C=O) groups is 1. The molecule has 0 saturated heterocycles. The molecule has 0 radical (unpaired) electrons. The van der Waals surface area contributed by atoms with Gasteiger partial charge in [0.25, 0.3) is 0 Å². The fourth-order valence-corrected chi connectivity index (χ4v) is 4.61. The van der Waals surface area contributed by atoms with E-state index in [9.17, 15) is 4.79 Å². The number of hydrogen-bond donors (Lipinski definition) is 1. The average molecular weight is 470 g/mol. The van der Waals surface area contributed by atoms with Gasteiger partial charge in [-0.25, -0.2) is 0 Å². The summed E-state index contributed by atoms with van der Waals surface area (Å²) in [6.45, 7) is 3.84. The van der Waals surface area contributed by atoms with Crippen molar-refractivity contribution >= 4 is 60.9 Å². The zero-order valence-electron chi connectivity index (χ0n) is 13.0. The number of amides is 1. The molecule has 0 aliphatic rings. The first-order valence-electron chi connectivity index (χ1n) is 7.18. The van der Waals surface area contributed by atoms with Crippen molar-refractivity contribution < 1.29 is 4.79 Å². The molecule has 8 heteroatoms. The minimum atomic E-state index is -0.322. The Balaban J connectivity index is 1.76. The fourth-order valence-electron chi connectivity index (χ4n) is 2.16. The van der Waals surface area contributed by atoms with Crippen LogP contribution in [-0.2, 0) is 4.79 Å². The second-order valence-corrected chi connectivity index (χ2v) is 8.28. The van der Waals surface area contributed by atoms with Crippen LogP contribution in [0.25, 0.3) is 5.65 Å². The van der Waals surface area contributed by atoms with Crippen molar-refractivity contribution in [1.82, 2.24) is 14.6 Å². The van der Waals surface area contributed by atoms with Crippen molar-refractivity contribution in [2.45, 2.75) is 24.3 Å². The number of anilines is 1. The first-order valence-corrected chi connectivity index (χ1v) is 9.65. The van der Waals surface area contributed by atoms with Crippen molar-refractivity contribution in [1.29, 1.82) is 0 Å². The summed E-state index contributed by atoms with van der Waals surface area (Å²) in [6.07, 6.45) is 1.88. The van der Waals surface area contributed by atoms with Crippen molar-refractivity contribution in [3.8, 4) is 0 Å². The van der Waals surface area contributed by atoms with Crippen molar-refractivity contribution in [2.75, 3.05) is 5.32 Å². The van der Waals surface area contributed by atoms with Crippen LogP contribution in [0.3, 0.4) is 0 Å². The van der Waals surface area contributed by atoms with Gasteiger partial charge in [-0.2, -0.15) is 0 Å². The maximum Gasteiger partial charge on any atom is 0.237 e. The highest BCUT2D eigenvalue weighted by atomic mass is 79.9. The van der Waals surface area contributed by atoms with Crippen LogP contribution in [0.1, 0.15) is 12.5 Å². The summed E-state index contributed by atoms with van der Waals surface area (Å²) in [5.41, 5.74) is 2.59. The van der Waals surface area contributed by atoms with Gasteiger partial charge in [0.2, 0.25) is 5.91 Å². The normalized spacial score (nSPS) is 12.3. The Morgan fingerprint density at radius 1 is 1.25 bits per heavy atom. The lowest BCUT2D eigenvalue weighted by Crippen LogP contribution is -2.23. The summed E-state index contributed by atoms with van der Waals surface area (Å²) in [7, 11) is 0.